The van der Waals surface area contributed by atoms with E-state index in [1.54, 1.807) is 5.32 Å². The van der Waals surface area contributed by atoms with E-state index in [2.05, 4.69) is 0 Å². The second-order valence-corrected chi connectivity index (χ2v) is 6.12. The fourth-order valence-corrected chi connectivity index (χ4v) is 1.92. The molecule has 10 heteroatoms. The van der Waals surface area contributed by atoms with Gasteiger partial charge in [-0.05, 0) is 39.8 Å². The normalized spacial score (nSPS) is 12.7. The van der Waals surface area contributed by atoms with Crippen molar-refractivity contribution in [3.8, 4) is 0 Å². The highest BCUT2D eigenvalue weighted by molar-refractivity contribution is 6.04. The molecule has 0 saturated heterocycles. The van der Waals surface area contributed by atoms with E-state index in [1.165, 1.54) is 20.8 Å². The van der Waals surface area contributed by atoms with Gasteiger partial charge in [-0.3, -0.25) is 10.1 Å². The molecule has 1 aromatic rings. The van der Waals surface area contributed by atoms with Gasteiger partial charge in [-0.1, -0.05) is 0 Å². The molecule has 1 aromatic carbocycles. The summed E-state index contributed by atoms with van der Waals surface area (Å²) in [6.45, 7) is 5.10. The third-order valence-corrected chi connectivity index (χ3v) is 2.76. The van der Waals surface area contributed by atoms with Gasteiger partial charge in [0.1, 0.15) is 5.60 Å². The summed E-state index contributed by atoms with van der Waals surface area (Å²) in [5.74, 6) is -1.16. The number of ketones is 1. The number of Topliss-reactive ketones (excluding diaryl/α,β-unsaturated/α-hetero) is 1. The fraction of sp³-hybridized carbons (Fsp3) is 0.467. The number of halogens is 6. The van der Waals surface area contributed by atoms with Crippen LogP contribution < -0.4 is 5.32 Å². The predicted octanol–water partition coefficient (Wildman–Crippen LogP) is 5.27. The van der Waals surface area contributed by atoms with Crippen LogP contribution >= 0.6 is 0 Å². The number of hydrogen-bond acceptors (Lipinski definition) is 3. The quantitative estimate of drug-likeness (QED) is 0.569. The minimum absolute atomic E-state index is 0.170. The highest BCUT2D eigenvalue weighted by Crippen LogP contribution is 2.40. The number of rotatable bonds is 2. The van der Waals surface area contributed by atoms with Crippen LogP contribution in [-0.2, 0) is 17.1 Å². The van der Waals surface area contributed by atoms with E-state index in [-0.39, 0.29) is 12.1 Å². The molecule has 0 unspecified atom stereocenters. The lowest BCUT2D eigenvalue weighted by atomic mass is 9.98. The maximum Gasteiger partial charge on any atom is 0.417 e. The second kappa shape index (κ2) is 6.57. The van der Waals surface area contributed by atoms with Crippen molar-refractivity contribution in [1.29, 1.82) is 0 Å². The van der Waals surface area contributed by atoms with Crippen LogP contribution in [0.5, 0.6) is 0 Å². The van der Waals surface area contributed by atoms with E-state index < -0.39 is 52.2 Å². The Hall–Kier alpha value is -2.26. The lowest BCUT2D eigenvalue weighted by Gasteiger charge is -2.22. The summed E-state index contributed by atoms with van der Waals surface area (Å²) in [6.07, 6.45) is -11.6. The van der Waals surface area contributed by atoms with Gasteiger partial charge in [-0.15, -0.1) is 0 Å². The van der Waals surface area contributed by atoms with Gasteiger partial charge in [0, 0.05) is 0 Å². The maximum atomic E-state index is 13.1. The minimum Gasteiger partial charge on any atom is -0.444 e. The number of carbonyl (C=O) groups excluding carboxylic acids is 2. The van der Waals surface area contributed by atoms with Crippen molar-refractivity contribution in [2.45, 2.75) is 45.6 Å². The molecule has 0 saturated carbocycles. The average Bonchev–Trinajstić information content (AvgIpc) is 2.32. The van der Waals surface area contributed by atoms with Crippen molar-refractivity contribution >= 4 is 17.6 Å². The molecule has 0 radical (unpaired) electrons. The number of alkyl halides is 6. The molecule has 0 aromatic heterocycles. The summed E-state index contributed by atoms with van der Waals surface area (Å²) in [6, 6.07) is 0.0902. The van der Waals surface area contributed by atoms with Crippen molar-refractivity contribution in [2.75, 3.05) is 5.32 Å². The third kappa shape index (κ3) is 5.64. The molecule has 1 amide bonds. The van der Waals surface area contributed by atoms with Gasteiger partial charge in [0.2, 0.25) is 0 Å². The molecule has 0 bridgehead atoms. The summed E-state index contributed by atoms with van der Waals surface area (Å²) in [5.41, 5.74) is -6.50. The summed E-state index contributed by atoms with van der Waals surface area (Å²) in [5, 5.41) is 1.79. The van der Waals surface area contributed by atoms with Gasteiger partial charge in [-0.25, -0.2) is 4.79 Å². The molecule has 1 N–H and O–H groups in total. The molecule has 0 aliphatic rings. The molecule has 0 aliphatic heterocycles. The molecule has 0 atom stereocenters. The van der Waals surface area contributed by atoms with Crippen LogP contribution in [-0.4, -0.2) is 17.5 Å². The standard InChI is InChI=1S/C15H15F6NO3/c1-7(23)11-9(15(19,20)21)5-8(14(16,17)18)6-10(11)22-12(24)25-13(2,3)4/h5-6H,1-4H3,(H,22,24). The monoisotopic (exact) mass is 371 g/mol. The lowest BCUT2D eigenvalue weighted by Crippen LogP contribution is -2.28. The number of anilines is 1. The Morgan fingerprint density at radius 2 is 1.48 bits per heavy atom. The molecule has 0 aliphatic carbocycles. The molecule has 0 heterocycles. The molecule has 25 heavy (non-hydrogen) atoms. The Balaban J connectivity index is 3.57. The van der Waals surface area contributed by atoms with E-state index in [9.17, 15) is 35.9 Å². The zero-order valence-electron chi connectivity index (χ0n) is 13.6. The number of hydrogen-bond donors (Lipinski definition) is 1. The molecular formula is C15H15F6NO3. The van der Waals surface area contributed by atoms with E-state index >= 15 is 0 Å². The topological polar surface area (TPSA) is 55.4 Å². The zero-order valence-corrected chi connectivity index (χ0v) is 13.6. The van der Waals surface area contributed by atoms with Crippen LogP contribution in [0.3, 0.4) is 0 Å². The first kappa shape index (κ1) is 20.8. The molecular weight excluding hydrogens is 356 g/mol. The molecule has 140 valence electrons. The Morgan fingerprint density at radius 1 is 0.960 bits per heavy atom. The van der Waals surface area contributed by atoms with Crippen molar-refractivity contribution in [2.24, 2.45) is 0 Å². The number of amides is 1. The third-order valence-electron chi connectivity index (χ3n) is 2.76. The van der Waals surface area contributed by atoms with Crippen molar-refractivity contribution in [1.82, 2.24) is 0 Å². The van der Waals surface area contributed by atoms with Crippen LogP contribution in [0.2, 0.25) is 0 Å². The van der Waals surface area contributed by atoms with Gasteiger partial charge in [0.25, 0.3) is 0 Å². The van der Waals surface area contributed by atoms with E-state index in [0.29, 0.717) is 0 Å². The van der Waals surface area contributed by atoms with Crippen LogP contribution in [0.1, 0.15) is 49.2 Å². The minimum atomic E-state index is -5.23. The highest BCUT2D eigenvalue weighted by Gasteiger charge is 2.41. The second-order valence-electron chi connectivity index (χ2n) is 6.12. The van der Waals surface area contributed by atoms with E-state index in [1.807, 2.05) is 0 Å². The summed E-state index contributed by atoms with van der Waals surface area (Å²) in [4.78, 5) is 23.3. The highest BCUT2D eigenvalue weighted by atomic mass is 19.4. The van der Waals surface area contributed by atoms with Crippen LogP contribution in [0.15, 0.2) is 12.1 Å². The summed E-state index contributed by atoms with van der Waals surface area (Å²) < 4.78 is 82.8. The summed E-state index contributed by atoms with van der Waals surface area (Å²) >= 11 is 0. The van der Waals surface area contributed by atoms with Gasteiger partial charge in [-0.2, -0.15) is 26.3 Å². The van der Waals surface area contributed by atoms with Gasteiger partial charge >= 0.3 is 18.4 Å². The Bertz CT molecular complexity index is 686. The number of carbonyl (C=O) groups is 2. The van der Waals surface area contributed by atoms with Crippen LogP contribution in [0.4, 0.5) is 36.8 Å². The number of nitrogens with one attached hydrogen (secondary N) is 1. The van der Waals surface area contributed by atoms with Crippen LogP contribution in [0, 0.1) is 0 Å². The smallest absolute Gasteiger partial charge is 0.417 e. The zero-order chi connectivity index (χ0) is 19.8. The number of ether oxygens (including phenoxy) is 1. The lowest BCUT2D eigenvalue weighted by molar-refractivity contribution is -0.143. The van der Waals surface area contributed by atoms with E-state index in [4.69, 9.17) is 4.74 Å². The van der Waals surface area contributed by atoms with Gasteiger partial charge in [0.15, 0.2) is 5.78 Å². The molecule has 0 fully saturated rings. The molecule has 4 nitrogen and oxygen atoms in total. The first-order valence-corrected chi connectivity index (χ1v) is 6.86. The molecule has 0 spiro atoms. The Kier molecular flexibility index (Phi) is 5.46. The largest absolute Gasteiger partial charge is 0.444 e. The maximum absolute atomic E-state index is 13.1. The average molecular weight is 371 g/mol. The Morgan fingerprint density at radius 3 is 1.84 bits per heavy atom. The predicted molar refractivity (Wildman–Crippen MR) is 76.3 cm³/mol. The first-order chi connectivity index (χ1) is 11.0. The summed E-state index contributed by atoms with van der Waals surface area (Å²) in [7, 11) is 0. The first-order valence-electron chi connectivity index (χ1n) is 6.86. The van der Waals surface area contributed by atoms with E-state index in [0.717, 1.165) is 6.92 Å². The number of benzene rings is 1. The van der Waals surface area contributed by atoms with Crippen molar-refractivity contribution in [3.05, 3.63) is 28.8 Å². The Labute approximate surface area is 139 Å². The van der Waals surface area contributed by atoms with Gasteiger partial charge in [0.05, 0.1) is 22.4 Å². The van der Waals surface area contributed by atoms with Crippen molar-refractivity contribution < 1.29 is 40.7 Å². The SMILES string of the molecule is CC(=O)c1c(NC(=O)OC(C)(C)C)cc(C(F)(F)F)cc1C(F)(F)F. The molecule has 1 rings (SSSR count). The van der Waals surface area contributed by atoms with Gasteiger partial charge < -0.3 is 4.74 Å². The van der Waals surface area contributed by atoms with Crippen LogP contribution in [0.25, 0.3) is 0 Å². The fourth-order valence-electron chi connectivity index (χ4n) is 1.92. The van der Waals surface area contributed by atoms with Crippen molar-refractivity contribution in [3.63, 3.8) is 0 Å².